The Kier molecular flexibility index (Phi) is 2.62. The van der Waals surface area contributed by atoms with Gasteiger partial charge >= 0.3 is 0 Å². The van der Waals surface area contributed by atoms with Crippen LogP contribution in [-0.4, -0.2) is 43.5 Å². The molecule has 0 unspecified atom stereocenters. The predicted molar refractivity (Wildman–Crippen MR) is 42.5 cm³/mol. The summed E-state index contributed by atoms with van der Waals surface area (Å²) in [6.07, 6.45) is 0.520. The lowest BCUT2D eigenvalue weighted by Crippen LogP contribution is -2.25. The van der Waals surface area contributed by atoms with Gasteiger partial charge in [-0.2, -0.15) is 0 Å². The van der Waals surface area contributed by atoms with E-state index in [1.165, 1.54) is 0 Å². The van der Waals surface area contributed by atoms with Crippen molar-refractivity contribution in [2.75, 3.05) is 20.6 Å². The molecule has 11 heavy (non-hydrogen) atoms. The van der Waals surface area contributed by atoms with Gasteiger partial charge in [-0.05, 0) is 21.0 Å². The molecule has 1 saturated heterocycles. The van der Waals surface area contributed by atoms with Gasteiger partial charge in [0, 0.05) is 13.0 Å². The van der Waals surface area contributed by atoms with Crippen molar-refractivity contribution in [3.8, 4) is 0 Å². The number of ether oxygens (including phenoxy) is 1. The molecule has 0 spiro atoms. The van der Waals surface area contributed by atoms with Crippen molar-refractivity contribution in [2.24, 2.45) is 0 Å². The molecule has 1 heterocycles. The average molecular weight is 157 g/mol. The van der Waals surface area contributed by atoms with E-state index >= 15 is 0 Å². The molecule has 1 rings (SSSR count). The first-order chi connectivity index (χ1) is 5.09. The van der Waals surface area contributed by atoms with Crippen molar-refractivity contribution < 1.29 is 9.53 Å². The molecular formula is C8H15NO2. The number of nitrogens with zero attached hydrogens (tertiary/aromatic N) is 1. The smallest absolute Gasteiger partial charge is 0.163 e. The van der Waals surface area contributed by atoms with Crippen molar-refractivity contribution in [1.29, 1.82) is 0 Å². The van der Waals surface area contributed by atoms with Crippen molar-refractivity contribution in [3.63, 3.8) is 0 Å². The van der Waals surface area contributed by atoms with Crippen molar-refractivity contribution in [1.82, 2.24) is 4.90 Å². The quantitative estimate of drug-likeness (QED) is 0.577. The highest BCUT2D eigenvalue weighted by Gasteiger charge is 2.29. The first-order valence-corrected chi connectivity index (χ1v) is 3.92. The highest BCUT2D eigenvalue weighted by Crippen LogP contribution is 2.15. The maximum atomic E-state index is 11.0. The molecule has 3 nitrogen and oxygen atoms in total. The minimum absolute atomic E-state index is 0.118. The lowest BCUT2D eigenvalue weighted by atomic mass is 10.2. The van der Waals surface area contributed by atoms with Crippen molar-refractivity contribution in [3.05, 3.63) is 0 Å². The van der Waals surface area contributed by atoms with E-state index < -0.39 is 0 Å². The Bertz CT molecular complexity index is 156. The first-order valence-electron chi connectivity index (χ1n) is 3.92. The van der Waals surface area contributed by atoms with Gasteiger partial charge in [0.15, 0.2) is 5.78 Å². The van der Waals surface area contributed by atoms with Crippen LogP contribution < -0.4 is 0 Å². The molecule has 1 fully saturated rings. The predicted octanol–water partition coefficient (Wildman–Crippen LogP) is 0.294. The lowest BCUT2D eigenvalue weighted by Gasteiger charge is -2.14. The molecule has 1 aliphatic heterocycles. The summed E-state index contributed by atoms with van der Waals surface area (Å²) in [6, 6.07) is 0. The van der Waals surface area contributed by atoms with Crippen LogP contribution in [0.15, 0.2) is 0 Å². The Hall–Kier alpha value is -0.410. The lowest BCUT2D eigenvalue weighted by molar-refractivity contribution is -0.121. The average Bonchev–Trinajstić information content (AvgIpc) is 2.10. The van der Waals surface area contributed by atoms with Crippen LogP contribution in [0, 0.1) is 0 Å². The molecule has 0 bridgehead atoms. The molecule has 64 valence electrons. The number of hydrogen-bond acceptors (Lipinski definition) is 3. The second kappa shape index (κ2) is 3.32. The molecule has 0 saturated carbocycles. The topological polar surface area (TPSA) is 29.5 Å². The van der Waals surface area contributed by atoms with E-state index in [9.17, 15) is 4.79 Å². The van der Waals surface area contributed by atoms with Gasteiger partial charge in [-0.1, -0.05) is 0 Å². The Labute approximate surface area is 67.3 Å². The van der Waals surface area contributed by atoms with Crippen LogP contribution in [0.4, 0.5) is 0 Å². The van der Waals surface area contributed by atoms with Crippen LogP contribution in [0.1, 0.15) is 13.3 Å². The number of ketones is 1. The third-order valence-corrected chi connectivity index (χ3v) is 1.85. The molecule has 2 atom stereocenters. The van der Waals surface area contributed by atoms with E-state index in [0.717, 1.165) is 6.54 Å². The van der Waals surface area contributed by atoms with E-state index in [0.29, 0.717) is 6.42 Å². The summed E-state index contributed by atoms with van der Waals surface area (Å²) in [6.45, 7) is 2.66. The molecule has 0 N–H and O–H groups in total. The number of rotatable bonds is 2. The third kappa shape index (κ3) is 2.27. The zero-order valence-electron chi connectivity index (χ0n) is 7.33. The summed E-state index contributed by atoms with van der Waals surface area (Å²) in [4.78, 5) is 13.1. The van der Waals surface area contributed by atoms with Crippen LogP contribution in [0.3, 0.4) is 0 Å². The Morgan fingerprint density at radius 1 is 1.64 bits per heavy atom. The zero-order chi connectivity index (χ0) is 8.43. The fraction of sp³-hybridized carbons (Fsp3) is 0.875. The largest absolute Gasteiger partial charge is 0.366 e. The SMILES string of the molecule is C[C@@H]1O[C@@H](CN(C)C)CC1=O. The summed E-state index contributed by atoms with van der Waals surface area (Å²) >= 11 is 0. The third-order valence-electron chi connectivity index (χ3n) is 1.85. The van der Waals surface area contributed by atoms with Crippen LogP contribution in [-0.2, 0) is 9.53 Å². The van der Waals surface area contributed by atoms with Crippen LogP contribution >= 0.6 is 0 Å². The number of carbonyl (C=O) groups excluding carboxylic acids is 1. The number of hydrogen-bond donors (Lipinski definition) is 0. The molecule has 1 aliphatic rings. The normalized spacial score (nSPS) is 31.8. The Morgan fingerprint density at radius 2 is 2.27 bits per heavy atom. The first kappa shape index (κ1) is 8.68. The highest BCUT2D eigenvalue weighted by atomic mass is 16.5. The molecular weight excluding hydrogens is 142 g/mol. The summed E-state index contributed by atoms with van der Waals surface area (Å²) in [7, 11) is 3.97. The fourth-order valence-electron chi connectivity index (χ4n) is 1.32. The van der Waals surface area contributed by atoms with Crippen LogP contribution in [0.25, 0.3) is 0 Å². The highest BCUT2D eigenvalue weighted by molar-refractivity contribution is 5.84. The summed E-state index contributed by atoms with van der Waals surface area (Å²) in [5.41, 5.74) is 0. The minimum atomic E-state index is -0.181. The van der Waals surface area contributed by atoms with Gasteiger partial charge in [-0.3, -0.25) is 4.79 Å². The van der Waals surface area contributed by atoms with Gasteiger partial charge in [-0.25, -0.2) is 0 Å². The maximum Gasteiger partial charge on any atom is 0.163 e. The molecule has 3 heteroatoms. The summed E-state index contributed by atoms with van der Waals surface area (Å²) in [5, 5.41) is 0. The van der Waals surface area contributed by atoms with Crippen LogP contribution in [0.5, 0.6) is 0 Å². The monoisotopic (exact) mass is 157 g/mol. The second-order valence-corrected chi connectivity index (χ2v) is 3.33. The van der Waals surface area contributed by atoms with E-state index in [4.69, 9.17) is 4.74 Å². The van der Waals surface area contributed by atoms with Gasteiger partial charge in [0.05, 0.1) is 6.10 Å². The summed E-state index contributed by atoms with van der Waals surface area (Å²) in [5.74, 6) is 0.233. The van der Waals surface area contributed by atoms with Gasteiger partial charge in [0.1, 0.15) is 6.10 Å². The number of likely N-dealkylation sites (N-methyl/N-ethyl adjacent to an activating group) is 1. The van der Waals surface area contributed by atoms with Gasteiger partial charge in [0.2, 0.25) is 0 Å². The minimum Gasteiger partial charge on any atom is -0.366 e. The second-order valence-electron chi connectivity index (χ2n) is 3.33. The fourth-order valence-corrected chi connectivity index (χ4v) is 1.32. The molecule has 0 aromatic rings. The van der Waals surface area contributed by atoms with Gasteiger partial charge < -0.3 is 9.64 Å². The summed E-state index contributed by atoms with van der Waals surface area (Å²) < 4.78 is 5.39. The van der Waals surface area contributed by atoms with E-state index in [1.54, 1.807) is 0 Å². The van der Waals surface area contributed by atoms with Gasteiger partial charge in [-0.15, -0.1) is 0 Å². The molecule has 0 radical (unpaired) electrons. The number of carbonyl (C=O) groups is 1. The molecule has 0 amide bonds. The number of Topliss-reactive ketones (excluding diaryl/α,β-unsaturated/α-hetero) is 1. The Balaban J connectivity index is 2.35. The van der Waals surface area contributed by atoms with E-state index in [-0.39, 0.29) is 18.0 Å². The van der Waals surface area contributed by atoms with Crippen LogP contribution in [0.2, 0.25) is 0 Å². The van der Waals surface area contributed by atoms with Gasteiger partial charge in [0.25, 0.3) is 0 Å². The Morgan fingerprint density at radius 3 is 2.64 bits per heavy atom. The maximum absolute atomic E-state index is 11.0. The molecule has 0 aromatic heterocycles. The van der Waals surface area contributed by atoms with Crippen molar-refractivity contribution >= 4 is 5.78 Å². The zero-order valence-corrected chi connectivity index (χ0v) is 7.33. The standard InChI is InChI=1S/C8H15NO2/c1-6-8(10)4-7(11-6)5-9(2)3/h6-7H,4-5H2,1-3H3/t6-,7+/m0/s1. The van der Waals surface area contributed by atoms with Crippen molar-refractivity contribution in [2.45, 2.75) is 25.6 Å². The molecule has 0 aliphatic carbocycles. The molecule has 0 aromatic carbocycles. The van der Waals surface area contributed by atoms with E-state index in [2.05, 4.69) is 0 Å². The van der Waals surface area contributed by atoms with E-state index in [1.807, 2.05) is 25.9 Å².